The number of hydrogen-bond donors (Lipinski definition) is 1. The summed E-state index contributed by atoms with van der Waals surface area (Å²) in [7, 11) is 0. The van der Waals surface area contributed by atoms with Crippen molar-refractivity contribution >= 4 is 39.3 Å². The van der Waals surface area contributed by atoms with E-state index in [0.29, 0.717) is 5.75 Å². The highest BCUT2D eigenvalue weighted by Gasteiger charge is 2.15. The third kappa shape index (κ3) is 4.42. The number of nitrogens with two attached hydrogens (primary N) is 1. The van der Waals surface area contributed by atoms with Gasteiger partial charge in [0.1, 0.15) is 0 Å². The van der Waals surface area contributed by atoms with Gasteiger partial charge in [-0.25, -0.2) is 0 Å². The molecule has 1 heterocycles. The molecule has 104 valence electrons. The SMILES string of the molecule is Nc1ccc(SCC(=O)N2CCCCCC2)c(Br)c1. The highest BCUT2D eigenvalue weighted by atomic mass is 79.9. The molecule has 1 aromatic rings. The van der Waals surface area contributed by atoms with Crippen molar-refractivity contribution in [1.29, 1.82) is 0 Å². The third-order valence-corrected chi connectivity index (χ3v) is 5.24. The lowest BCUT2D eigenvalue weighted by atomic mass is 10.2. The first-order chi connectivity index (χ1) is 9.16. The molecule has 0 aliphatic carbocycles. The largest absolute Gasteiger partial charge is 0.399 e. The summed E-state index contributed by atoms with van der Waals surface area (Å²) in [6.07, 6.45) is 4.78. The van der Waals surface area contributed by atoms with Crippen LogP contribution in [0.3, 0.4) is 0 Å². The number of nitrogen functional groups attached to an aromatic ring is 1. The number of hydrogen-bond acceptors (Lipinski definition) is 3. The normalized spacial score (nSPS) is 16.2. The van der Waals surface area contributed by atoms with Crippen molar-refractivity contribution in [2.45, 2.75) is 30.6 Å². The molecule has 1 amide bonds. The van der Waals surface area contributed by atoms with Crippen LogP contribution in [-0.4, -0.2) is 29.6 Å². The zero-order chi connectivity index (χ0) is 13.7. The van der Waals surface area contributed by atoms with Crippen LogP contribution in [0.15, 0.2) is 27.6 Å². The van der Waals surface area contributed by atoms with Crippen molar-refractivity contribution in [3.63, 3.8) is 0 Å². The molecule has 2 N–H and O–H groups in total. The van der Waals surface area contributed by atoms with Crippen molar-refractivity contribution in [2.24, 2.45) is 0 Å². The lowest BCUT2D eigenvalue weighted by Gasteiger charge is -2.20. The summed E-state index contributed by atoms with van der Waals surface area (Å²) in [6.45, 7) is 1.84. The average molecular weight is 343 g/mol. The lowest BCUT2D eigenvalue weighted by molar-refractivity contribution is -0.128. The predicted molar refractivity (Wildman–Crippen MR) is 84.3 cm³/mol. The van der Waals surface area contributed by atoms with Gasteiger partial charge in [-0.15, -0.1) is 11.8 Å². The molecule has 1 aromatic carbocycles. The number of halogens is 1. The molecule has 1 saturated heterocycles. The second kappa shape index (κ2) is 7.20. The summed E-state index contributed by atoms with van der Waals surface area (Å²) in [5, 5.41) is 0. The Balaban J connectivity index is 1.88. The van der Waals surface area contributed by atoms with Crippen molar-refractivity contribution in [2.75, 3.05) is 24.6 Å². The molecule has 1 aliphatic heterocycles. The summed E-state index contributed by atoms with van der Waals surface area (Å²) < 4.78 is 0.959. The minimum Gasteiger partial charge on any atom is -0.399 e. The van der Waals surface area contributed by atoms with Crippen molar-refractivity contribution < 1.29 is 4.79 Å². The minimum atomic E-state index is 0.246. The van der Waals surface area contributed by atoms with E-state index in [-0.39, 0.29) is 5.91 Å². The van der Waals surface area contributed by atoms with E-state index < -0.39 is 0 Å². The van der Waals surface area contributed by atoms with Gasteiger partial charge in [0.25, 0.3) is 0 Å². The van der Waals surface area contributed by atoms with Crippen LogP contribution in [0.25, 0.3) is 0 Å². The van der Waals surface area contributed by atoms with E-state index >= 15 is 0 Å². The maximum absolute atomic E-state index is 12.2. The molecule has 19 heavy (non-hydrogen) atoms. The van der Waals surface area contributed by atoms with Gasteiger partial charge in [-0.1, -0.05) is 12.8 Å². The number of carbonyl (C=O) groups is 1. The molecule has 0 bridgehead atoms. The monoisotopic (exact) mass is 342 g/mol. The molecule has 0 atom stereocenters. The van der Waals surface area contributed by atoms with Crippen LogP contribution in [0, 0.1) is 0 Å². The van der Waals surface area contributed by atoms with Crippen molar-refractivity contribution in [3.8, 4) is 0 Å². The number of amides is 1. The standard InChI is InChI=1S/C14H19BrN2OS/c15-12-9-11(16)5-6-13(12)19-10-14(18)17-7-3-1-2-4-8-17/h5-6,9H,1-4,7-8,10,16H2. The molecule has 0 saturated carbocycles. The molecule has 0 unspecified atom stereocenters. The maximum atomic E-state index is 12.2. The van der Waals surface area contributed by atoms with Gasteiger partial charge in [0.15, 0.2) is 0 Å². The van der Waals surface area contributed by atoms with Gasteiger partial charge in [0.2, 0.25) is 5.91 Å². The smallest absolute Gasteiger partial charge is 0.232 e. The van der Waals surface area contributed by atoms with E-state index in [0.717, 1.165) is 41.0 Å². The number of likely N-dealkylation sites (tertiary alicyclic amines) is 1. The molecule has 0 radical (unpaired) electrons. The number of benzene rings is 1. The number of thioether (sulfide) groups is 1. The minimum absolute atomic E-state index is 0.246. The molecular formula is C14H19BrN2OS. The molecular weight excluding hydrogens is 324 g/mol. The Morgan fingerprint density at radius 1 is 1.26 bits per heavy atom. The summed E-state index contributed by atoms with van der Waals surface area (Å²) in [5.74, 6) is 0.748. The van der Waals surface area contributed by atoms with Gasteiger partial charge in [0.05, 0.1) is 5.75 Å². The van der Waals surface area contributed by atoms with Crippen molar-refractivity contribution in [3.05, 3.63) is 22.7 Å². The van der Waals surface area contributed by atoms with E-state index in [1.807, 2.05) is 23.1 Å². The summed E-state index contributed by atoms with van der Waals surface area (Å²) in [5.41, 5.74) is 6.43. The van der Waals surface area contributed by atoms with Crippen LogP contribution in [0.1, 0.15) is 25.7 Å². The molecule has 3 nitrogen and oxygen atoms in total. The highest BCUT2D eigenvalue weighted by Crippen LogP contribution is 2.29. The number of carbonyl (C=O) groups excluding carboxylic acids is 1. The molecule has 0 aromatic heterocycles. The van der Waals surface area contributed by atoms with Crippen LogP contribution in [-0.2, 0) is 4.79 Å². The molecule has 0 spiro atoms. The fourth-order valence-electron chi connectivity index (χ4n) is 2.19. The second-order valence-corrected chi connectivity index (χ2v) is 6.65. The Morgan fingerprint density at radius 2 is 1.95 bits per heavy atom. The van der Waals surface area contributed by atoms with Crippen LogP contribution >= 0.6 is 27.7 Å². The van der Waals surface area contributed by atoms with Gasteiger partial charge < -0.3 is 10.6 Å². The Kier molecular flexibility index (Phi) is 5.58. The number of rotatable bonds is 3. The van der Waals surface area contributed by atoms with E-state index in [4.69, 9.17) is 5.73 Å². The second-order valence-electron chi connectivity index (χ2n) is 4.77. The van der Waals surface area contributed by atoms with Crippen LogP contribution in [0.2, 0.25) is 0 Å². The number of anilines is 1. The average Bonchev–Trinajstić information content (AvgIpc) is 2.66. The Labute approximate surface area is 127 Å². The molecule has 1 fully saturated rings. The fourth-order valence-corrected chi connectivity index (χ4v) is 3.75. The predicted octanol–water partition coefficient (Wildman–Crippen LogP) is 3.53. The Hall–Kier alpha value is -0.680. The fraction of sp³-hybridized carbons (Fsp3) is 0.500. The van der Waals surface area contributed by atoms with E-state index in [1.54, 1.807) is 11.8 Å². The van der Waals surface area contributed by atoms with E-state index in [9.17, 15) is 4.79 Å². The maximum Gasteiger partial charge on any atom is 0.232 e. The third-order valence-electron chi connectivity index (χ3n) is 3.27. The van der Waals surface area contributed by atoms with Crippen LogP contribution < -0.4 is 5.73 Å². The van der Waals surface area contributed by atoms with Gasteiger partial charge in [-0.3, -0.25) is 4.79 Å². The summed E-state index contributed by atoms with van der Waals surface area (Å²) in [6, 6.07) is 5.70. The van der Waals surface area contributed by atoms with Crippen LogP contribution in [0.5, 0.6) is 0 Å². The molecule has 2 rings (SSSR count). The first-order valence-electron chi connectivity index (χ1n) is 6.62. The topological polar surface area (TPSA) is 46.3 Å². The van der Waals surface area contributed by atoms with Gasteiger partial charge >= 0.3 is 0 Å². The van der Waals surface area contributed by atoms with E-state index in [1.165, 1.54) is 12.8 Å². The zero-order valence-corrected chi connectivity index (χ0v) is 13.3. The quantitative estimate of drug-likeness (QED) is 0.675. The van der Waals surface area contributed by atoms with Gasteiger partial charge in [-0.05, 0) is 47.0 Å². The first kappa shape index (κ1) is 14.7. The van der Waals surface area contributed by atoms with E-state index in [2.05, 4.69) is 15.9 Å². The Bertz CT molecular complexity index is 445. The summed E-state index contributed by atoms with van der Waals surface area (Å²) >= 11 is 5.05. The molecule has 1 aliphatic rings. The summed E-state index contributed by atoms with van der Waals surface area (Å²) in [4.78, 5) is 15.2. The van der Waals surface area contributed by atoms with Gasteiger partial charge in [0, 0.05) is 28.1 Å². The molecule has 5 heteroatoms. The highest BCUT2D eigenvalue weighted by molar-refractivity contribution is 9.10. The lowest BCUT2D eigenvalue weighted by Crippen LogP contribution is -2.33. The first-order valence-corrected chi connectivity index (χ1v) is 8.40. The zero-order valence-electron chi connectivity index (χ0n) is 10.9. The number of nitrogens with zero attached hydrogens (tertiary/aromatic N) is 1. The van der Waals surface area contributed by atoms with Crippen LogP contribution in [0.4, 0.5) is 5.69 Å². The van der Waals surface area contributed by atoms with Crippen molar-refractivity contribution in [1.82, 2.24) is 4.90 Å². The van der Waals surface area contributed by atoms with Gasteiger partial charge in [-0.2, -0.15) is 0 Å². The Morgan fingerprint density at radius 3 is 2.58 bits per heavy atom.